The number of aliphatic carboxylic acids is 1. The molecule has 1 saturated carbocycles. The van der Waals surface area contributed by atoms with Crippen LogP contribution < -0.4 is 5.73 Å². The number of halogens is 2. The Morgan fingerprint density at radius 2 is 1.69 bits per heavy atom. The number of carbonyl (C=O) groups excluding carboxylic acids is 2. The van der Waals surface area contributed by atoms with Gasteiger partial charge in [0, 0.05) is 17.7 Å². The quantitative estimate of drug-likeness (QED) is 0.435. The Morgan fingerprint density at radius 3 is 2.36 bits per heavy atom. The predicted molar refractivity (Wildman–Crippen MR) is 138 cm³/mol. The lowest BCUT2D eigenvalue weighted by Gasteiger charge is -2.49. The summed E-state index contributed by atoms with van der Waals surface area (Å²) < 4.78 is 0. The van der Waals surface area contributed by atoms with E-state index in [1.165, 1.54) is 0 Å². The van der Waals surface area contributed by atoms with E-state index in [0.717, 1.165) is 29.5 Å². The van der Waals surface area contributed by atoms with Crippen LogP contribution in [0, 0.1) is 0 Å². The van der Waals surface area contributed by atoms with Crippen LogP contribution in [-0.4, -0.2) is 33.3 Å². The largest absolute Gasteiger partial charge is 0.481 e. The number of rotatable bonds is 5. The summed E-state index contributed by atoms with van der Waals surface area (Å²) in [5.74, 6) is -2.60. The number of carboxylic acid groups (broad SMARTS) is 1. The second-order valence-corrected chi connectivity index (χ2v) is 10.3. The van der Waals surface area contributed by atoms with E-state index in [1.54, 1.807) is 53.4 Å². The van der Waals surface area contributed by atoms with Crippen LogP contribution >= 0.6 is 23.2 Å². The SMILES string of the molecule is NC(=O)c1cccc(-c2ccc3c(c2)C(C(=O)O)C2(CCCC2)N(Cc2ccc(Cl)c(Cl)c2)C3=O)c1. The fourth-order valence-corrected chi connectivity index (χ4v) is 6.10. The van der Waals surface area contributed by atoms with Gasteiger partial charge in [0.05, 0.1) is 15.6 Å². The Balaban J connectivity index is 1.64. The minimum absolute atomic E-state index is 0.201. The minimum atomic E-state index is -0.965. The number of nitrogens with two attached hydrogens (primary N) is 1. The van der Waals surface area contributed by atoms with E-state index in [9.17, 15) is 19.5 Å². The monoisotopic (exact) mass is 522 g/mol. The normalized spacial score (nSPS) is 18.3. The lowest BCUT2D eigenvalue weighted by atomic mass is 9.71. The van der Waals surface area contributed by atoms with Crippen molar-refractivity contribution >= 4 is 41.0 Å². The number of primary amides is 1. The zero-order valence-corrected chi connectivity index (χ0v) is 20.9. The molecule has 5 rings (SSSR count). The van der Waals surface area contributed by atoms with Gasteiger partial charge in [-0.2, -0.15) is 0 Å². The third-order valence-corrected chi connectivity index (χ3v) is 8.17. The van der Waals surface area contributed by atoms with Crippen LogP contribution in [0.25, 0.3) is 11.1 Å². The lowest BCUT2D eigenvalue weighted by Crippen LogP contribution is -2.58. The number of carboxylic acids is 1. The molecule has 2 aliphatic rings. The van der Waals surface area contributed by atoms with Crippen LogP contribution in [0.3, 0.4) is 0 Å². The Hall–Kier alpha value is -3.35. The zero-order chi connectivity index (χ0) is 25.6. The van der Waals surface area contributed by atoms with Gasteiger partial charge in [-0.25, -0.2) is 0 Å². The second kappa shape index (κ2) is 9.26. The van der Waals surface area contributed by atoms with Gasteiger partial charge in [0.15, 0.2) is 0 Å². The number of fused-ring (bicyclic) bond motifs is 1. The highest BCUT2D eigenvalue weighted by Gasteiger charge is 2.55. The number of carbonyl (C=O) groups is 3. The van der Waals surface area contributed by atoms with Gasteiger partial charge < -0.3 is 15.7 Å². The summed E-state index contributed by atoms with van der Waals surface area (Å²) in [4.78, 5) is 40.1. The van der Waals surface area contributed by atoms with Gasteiger partial charge in [0.25, 0.3) is 5.91 Å². The van der Waals surface area contributed by atoms with E-state index >= 15 is 0 Å². The van der Waals surface area contributed by atoms with Gasteiger partial charge in [-0.15, -0.1) is 0 Å². The van der Waals surface area contributed by atoms with E-state index < -0.39 is 23.3 Å². The molecule has 3 aromatic carbocycles. The predicted octanol–water partition coefficient (Wildman–Crippen LogP) is 5.90. The van der Waals surface area contributed by atoms with Crippen molar-refractivity contribution in [3.05, 3.63) is 93.0 Å². The van der Waals surface area contributed by atoms with E-state index in [4.69, 9.17) is 28.9 Å². The van der Waals surface area contributed by atoms with Crippen molar-refractivity contribution in [2.45, 2.75) is 43.7 Å². The molecule has 0 bridgehead atoms. The third-order valence-electron chi connectivity index (χ3n) is 7.43. The van der Waals surface area contributed by atoms with Crippen molar-refractivity contribution in [2.24, 2.45) is 5.73 Å². The fourth-order valence-electron chi connectivity index (χ4n) is 5.78. The topological polar surface area (TPSA) is 101 Å². The Bertz CT molecular complexity index is 1400. The van der Waals surface area contributed by atoms with Gasteiger partial charge in [-0.1, -0.05) is 60.3 Å². The highest BCUT2D eigenvalue weighted by molar-refractivity contribution is 6.42. The molecule has 8 heteroatoms. The maximum absolute atomic E-state index is 13.9. The molecule has 184 valence electrons. The van der Waals surface area contributed by atoms with Crippen molar-refractivity contribution in [1.29, 1.82) is 0 Å². The van der Waals surface area contributed by atoms with Gasteiger partial charge in [-0.05, 0) is 71.5 Å². The molecule has 1 unspecified atom stereocenters. The molecule has 36 heavy (non-hydrogen) atoms. The Morgan fingerprint density at radius 1 is 0.972 bits per heavy atom. The molecular formula is C28H24Cl2N2O4. The standard InChI is InChI=1S/C28H24Cl2N2O4/c29-22-9-6-16(12-23(22)30)15-32-26(34)20-8-7-18(17-4-3-5-19(13-17)25(31)33)14-21(20)24(27(35)36)28(32)10-1-2-11-28/h3-9,12-14,24H,1-2,10-11,15H2,(H2,31,33)(H,35,36). The van der Waals surface area contributed by atoms with Crippen molar-refractivity contribution in [3.63, 3.8) is 0 Å². The highest BCUT2D eigenvalue weighted by Crippen LogP contribution is 2.51. The maximum atomic E-state index is 13.9. The molecular weight excluding hydrogens is 499 g/mol. The molecule has 3 aromatic rings. The van der Waals surface area contributed by atoms with Crippen LogP contribution in [0.2, 0.25) is 10.0 Å². The summed E-state index contributed by atoms with van der Waals surface area (Å²) >= 11 is 12.3. The summed E-state index contributed by atoms with van der Waals surface area (Å²) in [6, 6.07) is 17.3. The van der Waals surface area contributed by atoms with Crippen molar-refractivity contribution in [2.75, 3.05) is 0 Å². The summed E-state index contributed by atoms with van der Waals surface area (Å²) in [6.45, 7) is 0.237. The Labute approximate surface area is 218 Å². The number of amides is 2. The van der Waals surface area contributed by atoms with Crippen LogP contribution in [0.4, 0.5) is 0 Å². The average Bonchev–Trinajstić information content (AvgIpc) is 3.33. The molecule has 1 heterocycles. The van der Waals surface area contributed by atoms with Crippen molar-refractivity contribution < 1.29 is 19.5 Å². The number of benzene rings is 3. The molecule has 1 aliphatic carbocycles. The van der Waals surface area contributed by atoms with E-state index in [1.807, 2.05) is 12.1 Å². The van der Waals surface area contributed by atoms with Gasteiger partial charge in [0.1, 0.15) is 5.92 Å². The number of hydrogen-bond acceptors (Lipinski definition) is 3. The second-order valence-electron chi connectivity index (χ2n) is 9.47. The molecule has 0 radical (unpaired) electrons. The van der Waals surface area contributed by atoms with E-state index in [2.05, 4.69) is 0 Å². The van der Waals surface area contributed by atoms with Crippen molar-refractivity contribution in [1.82, 2.24) is 4.90 Å². The molecule has 1 aliphatic heterocycles. The Kier molecular flexibility index (Phi) is 6.27. The molecule has 1 atom stereocenters. The molecule has 1 fully saturated rings. The number of nitrogens with zero attached hydrogens (tertiary/aromatic N) is 1. The van der Waals surface area contributed by atoms with E-state index in [-0.39, 0.29) is 12.5 Å². The van der Waals surface area contributed by atoms with Gasteiger partial charge in [-0.3, -0.25) is 14.4 Å². The first-order valence-electron chi connectivity index (χ1n) is 11.7. The first-order chi connectivity index (χ1) is 17.2. The van der Waals surface area contributed by atoms with Crippen molar-refractivity contribution in [3.8, 4) is 11.1 Å². The third kappa shape index (κ3) is 4.04. The highest BCUT2D eigenvalue weighted by atomic mass is 35.5. The molecule has 0 aromatic heterocycles. The smallest absolute Gasteiger partial charge is 0.313 e. The average molecular weight is 523 g/mol. The molecule has 2 amide bonds. The molecule has 1 spiro atoms. The molecule has 0 saturated heterocycles. The van der Waals surface area contributed by atoms with Crippen LogP contribution in [0.15, 0.2) is 60.7 Å². The first kappa shape index (κ1) is 24.3. The molecule has 6 nitrogen and oxygen atoms in total. The summed E-state index contributed by atoms with van der Waals surface area (Å²) in [7, 11) is 0. The van der Waals surface area contributed by atoms with Gasteiger partial charge >= 0.3 is 5.97 Å². The summed E-state index contributed by atoms with van der Waals surface area (Å²) in [5, 5.41) is 11.3. The first-order valence-corrected chi connectivity index (χ1v) is 12.5. The van der Waals surface area contributed by atoms with Crippen LogP contribution in [-0.2, 0) is 11.3 Å². The molecule has 3 N–H and O–H groups in total. The lowest BCUT2D eigenvalue weighted by molar-refractivity contribution is -0.143. The zero-order valence-electron chi connectivity index (χ0n) is 19.3. The summed E-state index contributed by atoms with van der Waals surface area (Å²) in [5.41, 5.74) is 8.06. The van der Waals surface area contributed by atoms with Crippen LogP contribution in [0.5, 0.6) is 0 Å². The van der Waals surface area contributed by atoms with Gasteiger partial charge in [0.2, 0.25) is 5.91 Å². The minimum Gasteiger partial charge on any atom is -0.481 e. The summed E-state index contributed by atoms with van der Waals surface area (Å²) in [6.07, 6.45) is 2.87. The maximum Gasteiger partial charge on any atom is 0.313 e. The van der Waals surface area contributed by atoms with Crippen LogP contribution in [0.1, 0.15) is 63.4 Å². The van der Waals surface area contributed by atoms with E-state index in [0.29, 0.717) is 39.6 Å². The fraction of sp³-hybridized carbons (Fsp3) is 0.250. The number of hydrogen-bond donors (Lipinski definition) is 2.